The number of methoxy groups -OCH3 is 1. The van der Waals surface area contributed by atoms with Crippen LogP contribution in [0.3, 0.4) is 0 Å². The van der Waals surface area contributed by atoms with E-state index in [2.05, 4.69) is 4.98 Å². The number of ether oxygens (including phenoxy) is 1. The number of ketones is 1. The third kappa shape index (κ3) is 3.70. The molecular weight excluding hydrogens is 479 g/mol. The lowest BCUT2D eigenvalue weighted by molar-refractivity contribution is -0.132. The van der Waals surface area contributed by atoms with Crippen molar-refractivity contribution in [3.05, 3.63) is 94.3 Å². The van der Waals surface area contributed by atoms with Gasteiger partial charge < -0.3 is 9.84 Å². The van der Waals surface area contributed by atoms with Crippen LogP contribution in [0.4, 0.5) is 9.52 Å². The van der Waals surface area contributed by atoms with Crippen LogP contribution in [0.25, 0.3) is 16.0 Å². The van der Waals surface area contributed by atoms with Gasteiger partial charge in [-0.25, -0.2) is 9.37 Å². The van der Waals surface area contributed by atoms with Gasteiger partial charge in [-0.1, -0.05) is 47.2 Å². The second-order valence-electron chi connectivity index (χ2n) is 7.56. The van der Waals surface area contributed by atoms with E-state index in [9.17, 15) is 19.1 Å². The maximum Gasteiger partial charge on any atom is 0.301 e. The van der Waals surface area contributed by atoms with Crippen molar-refractivity contribution in [2.24, 2.45) is 0 Å². The molecule has 1 aliphatic heterocycles. The number of nitrogens with zero attached hydrogens (tertiary/aromatic N) is 2. The molecule has 1 saturated heterocycles. The van der Waals surface area contributed by atoms with Gasteiger partial charge in [0.1, 0.15) is 17.3 Å². The van der Waals surface area contributed by atoms with Crippen LogP contribution in [0.1, 0.15) is 17.2 Å². The Morgan fingerprint density at radius 3 is 2.62 bits per heavy atom. The molecule has 0 saturated carbocycles. The number of aliphatic hydroxyl groups is 1. The van der Waals surface area contributed by atoms with E-state index in [1.165, 1.54) is 30.2 Å². The molecule has 34 heavy (non-hydrogen) atoms. The number of Topliss-reactive ketones (excluding diaryl/α,β-unsaturated/α-hetero) is 1. The largest absolute Gasteiger partial charge is 0.507 e. The third-order valence-electron chi connectivity index (χ3n) is 5.52. The first kappa shape index (κ1) is 22.1. The van der Waals surface area contributed by atoms with Crippen LogP contribution in [0.2, 0.25) is 5.02 Å². The first-order chi connectivity index (χ1) is 16.4. The van der Waals surface area contributed by atoms with Crippen LogP contribution in [0.15, 0.2) is 72.3 Å². The molecule has 0 bridgehead atoms. The van der Waals surface area contributed by atoms with Gasteiger partial charge in [-0.2, -0.15) is 0 Å². The summed E-state index contributed by atoms with van der Waals surface area (Å²) in [6, 6.07) is 16.3. The van der Waals surface area contributed by atoms with Crippen molar-refractivity contribution < 1.29 is 23.8 Å². The number of aromatic nitrogens is 1. The van der Waals surface area contributed by atoms with Crippen molar-refractivity contribution in [1.82, 2.24) is 4.98 Å². The van der Waals surface area contributed by atoms with Crippen molar-refractivity contribution in [3.8, 4) is 5.75 Å². The third-order valence-corrected chi connectivity index (χ3v) is 6.79. The lowest BCUT2D eigenvalue weighted by Crippen LogP contribution is -2.29. The number of halogens is 2. The summed E-state index contributed by atoms with van der Waals surface area (Å²) < 4.78 is 19.5. The Balaban J connectivity index is 1.73. The van der Waals surface area contributed by atoms with Crippen molar-refractivity contribution >= 4 is 55.7 Å². The highest BCUT2D eigenvalue weighted by Gasteiger charge is 2.48. The number of carbonyl (C=O) groups excluding carboxylic acids is 2. The SMILES string of the molecule is COc1cccc(/C(O)=C2\C(=O)C(=O)N(c3nc4ccc(F)cc4s3)C2c2ccc(Cl)cc2)c1. The lowest BCUT2D eigenvalue weighted by atomic mass is 9.95. The van der Waals surface area contributed by atoms with E-state index in [-0.39, 0.29) is 16.5 Å². The van der Waals surface area contributed by atoms with Crippen LogP contribution in [0, 0.1) is 5.82 Å². The Bertz CT molecular complexity index is 1480. The van der Waals surface area contributed by atoms with Crippen LogP contribution < -0.4 is 9.64 Å². The summed E-state index contributed by atoms with van der Waals surface area (Å²) in [4.78, 5) is 32.2. The number of rotatable bonds is 4. The molecule has 1 aliphatic rings. The maximum atomic E-state index is 13.7. The number of hydrogen-bond acceptors (Lipinski definition) is 6. The maximum absolute atomic E-state index is 13.7. The molecule has 3 aromatic carbocycles. The molecule has 4 aromatic rings. The highest BCUT2D eigenvalue weighted by Crippen LogP contribution is 2.44. The fourth-order valence-electron chi connectivity index (χ4n) is 3.91. The summed E-state index contributed by atoms with van der Waals surface area (Å²) in [5.74, 6) is -1.99. The van der Waals surface area contributed by atoms with Gasteiger partial charge in [-0.3, -0.25) is 14.5 Å². The van der Waals surface area contributed by atoms with Gasteiger partial charge in [0.2, 0.25) is 0 Å². The summed E-state index contributed by atoms with van der Waals surface area (Å²) in [5.41, 5.74) is 1.28. The minimum Gasteiger partial charge on any atom is -0.507 e. The van der Waals surface area contributed by atoms with Gasteiger partial charge in [0.05, 0.1) is 28.9 Å². The number of amides is 1. The van der Waals surface area contributed by atoms with Crippen molar-refractivity contribution in [2.75, 3.05) is 12.0 Å². The molecule has 0 aliphatic carbocycles. The lowest BCUT2D eigenvalue weighted by Gasteiger charge is -2.23. The molecule has 1 N–H and O–H groups in total. The molecule has 1 unspecified atom stereocenters. The summed E-state index contributed by atoms with van der Waals surface area (Å²) in [7, 11) is 1.49. The van der Waals surface area contributed by atoms with E-state index in [0.29, 0.717) is 32.1 Å². The number of fused-ring (bicyclic) bond motifs is 1. The molecule has 1 fully saturated rings. The predicted molar refractivity (Wildman–Crippen MR) is 129 cm³/mol. The zero-order valence-corrected chi connectivity index (χ0v) is 19.2. The van der Waals surface area contributed by atoms with E-state index < -0.39 is 23.5 Å². The number of carbonyl (C=O) groups is 2. The summed E-state index contributed by atoms with van der Waals surface area (Å²) in [6.45, 7) is 0. The molecule has 1 atom stereocenters. The quantitative estimate of drug-likeness (QED) is 0.223. The van der Waals surface area contributed by atoms with Gasteiger partial charge in [-0.05, 0) is 48.0 Å². The van der Waals surface area contributed by atoms with Gasteiger partial charge in [0.15, 0.2) is 5.13 Å². The van der Waals surface area contributed by atoms with Crippen LogP contribution in [-0.2, 0) is 9.59 Å². The van der Waals surface area contributed by atoms with Crippen molar-refractivity contribution in [3.63, 3.8) is 0 Å². The molecule has 6 nitrogen and oxygen atoms in total. The van der Waals surface area contributed by atoms with E-state index in [1.54, 1.807) is 48.5 Å². The average Bonchev–Trinajstić information content (AvgIpc) is 3.37. The van der Waals surface area contributed by atoms with E-state index in [4.69, 9.17) is 16.3 Å². The highest BCUT2D eigenvalue weighted by molar-refractivity contribution is 7.22. The minimum absolute atomic E-state index is 0.0917. The smallest absolute Gasteiger partial charge is 0.301 e. The zero-order chi connectivity index (χ0) is 24.0. The molecule has 1 aromatic heterocycles. The first-order valence-electron chi connectivity index (χ1n) is 10.1. The fraction of sp³-hybridized carbons (Fsp3) is 0.0800. The predicted octanol–water partition coefficient (Wildman–Crippen LogP) is 5.72. The standard InChI is InChI=1S/C25H16ClFN2O4S/c1-33-17-4-2-3-14(11-17)22(30)20-21(13-5-7-15(26)8-6-13)29(24(32)23(20)31)25-28-18-10-9-16(27)12-19(18)34-25/h2-12,21,30H,1H3/b22-20+. The van der Waals surface area contributed by atoms with E-state index in [1.807, 2.05) is 0 Å². The number of anilines is 1. The molecular formula is C25H16ClFN2O4S. The van der Waals surface area contributed by atoms with E-state index >= 15 is 0 Å². The number of hydrogen-bond donors (Lipinski definition) is 1. The Morgan fingerprint density at radius 2 is 1.88 bits per heavy atom. The van der Waals surface area contributed by atoms with Gasteiger partial charge in [-0.15, -0.1) is 0 Å². The van der Waals surface area contributed by atoms with E-state index in [0.717, 1.165) is 11.3 Å². The number of benzene rings is 3. The van der Waals surface area contributed by atoms with Crippen LogP contribution in [-0.4, -0.2) is 28.9 Å². The topological polar surface area (TPSA) is 79.7 Å². The normalized spacial score (nSPS) is 17.5. The Hall–Kier alpha value is -3.75. The molecule has 9 heteroatoms. The second-order valence-corrected chi connectivity index (χ2v) is 9.01. The molecule has 0 spiro atoms. The number of thiazole rings is 1. The fourth-order valence-corrected chi connectivity index (χ4v) is 5.05. The zero-order valence-electron chi connectivity index (χ0n) is 17.7. The summed E-state index contributed by atoms with van der Waals surface area (Å²) in [5, 5.41) is 11.9. The Kier molecular flexibility index (Phi) is 5.55. The highest BCUT2D eigenvalue weighted by atomic mass is 35.5. The summed E-state index contributed by atoms with van der Waals surface area (Å²) in [6.07, 6.45) is 0. The van der Waals surface area contributed by atoms with Crippen LogP contribution in [0.5, 0.6) is 5.75 Å². The van der Waals surface area contributed by atoms with Gasteiger partial charge in [0.25, 0.3) is 5.78 Å². The number of aliphatic hydroxyl groups excluding tert-OH is 1. The first-order valence-corrected chi connectivity index (χ1v) is 11.3. The van der Waals surface area contributed by atoms with Crippen LogP contribution >= 0.6 is 22.9 Å². The van der Waals surface area contributed by atoms with Gasteiger partial charge in [0, 0.05) is 10.6 Å². The molecule has 1 amide bonds. The summed E-state index contributed by atoms with van der Waals surface area (Å²) >= 11 is 7.14. The monoisotopic (exact) mass is 494 g/mol. The molecule has 5 rings (SSSR count). The average molecular weight is 495 g/mol. The second kappa shape index (κ2) is 8.55. The molecule has 0 radical (unpaired) electrons. The Labute approximate surface area is 202 Å². The minimum atomic E-state index is -0.964. The molecule has 2 heterocycles. The Morgan fingerprint density at radius 1 is 1.12 bits per heavy atom. The van der Waals surface area contributed by atoms with Crippen molar-refractivity contribution in [2.45, 2.75) is 6.04 Å². The van der Waals surface area contributed by atoms with Crippen molar-refractivity contribution in [1.29, 1.82) is 0 Å². The molecule has 170 valence electrons. The van der Waals surface area contributed by atoms with Gasteiger partial charge >= 0.3 is 5.91 Å².